The summed E-state index contributed by atoms with van der Waals surface area (Å²) < 4.78 is 25.8. The average molecular weight is 214 g/mol. The van der Waals surface area contributed by atoms with E-state index in [1.165, 1.54) is 12.1 Å². The number of nitrogens with one attached hydrogen (secondary N) is 1. The highest BCUT2D eigenvalue weighted by molar-refractivity contribution is 5.74. The van der Waals surface area contributed by atoms with Crippen molar-refractivity contribution in [2.75, 3.05) is 7.05 Å². The van der Waals surface area contributed by atoms with Crippen LogP contribution in [-0.2, 0) is 4.79 Å². The van der Waals surface area contributed by atoms with Crippen molar-refractivity contribution < 1.29 is 13.6 Å². The van der Waals surface area contributed by atoms with Crippen molar-refractivity contribution in [1.82, 2.24) is 5.32 Å². The van der Waals surface area contributed by atoms with Crippen LogP contribution in [0.25, 0.3) is 0 Å². The quantitative estimate of drug-likeness (QED) is 0.788. The van der Waals surface area contributed by atoms with Crippen LogP contribution in [0.15, 0.2) is 18.2 Å². The van der Waals surface area contributed by atoms with Crippen LogP contribution in [0.1, 0.15) is 18.0 Å². The average Bonchev–Trinajstić information content (AvgIpc) is 2.12. The Balaban J connectivity index is 2.95. The predicted octanol–water partition coefficient (Wildman–Crippen LogP) is 1.10. The molecule has 0 aliphatic rings. The number of hydrogen-bond acceptors (Lipinski definition) is 2. The van der Waals surface area contributed by atoms with Crippen molar-refractivity contribution >= 4 is 5.91 Å². The van der Waals surface area contributed by atoms with E-state index in [0.717, 1.165) is 6.07 Å². The smallest absolute Gasteiger partial charge is 0.219 e. The maximum Gasteiger partial charge on any atom is 0.219 e. The van der Waals surface area contributed by atoms with Crippen molar-refractivity contribution in [3.05, 3.63) is 35.4 Å². The molecule has 1 aromatic carbocycles. The van der Waals surface area contributed by atoms with Crippen molar-refractivity contribution in [2.24, 2.45) is 5.73 Å². The Hall–Kier alpha value is -1.49. The summed E-state index contributed by atoms with van der Waals surface area (Å²) in [4.78, 5) is 10.7. The molecule has 1 atom stereocenters. The summed E-state index contributed by atoms with van der Waals surface area (Å²) in [6.45, 7) is 0. The highest BCUT2D eigenvalue weighted by atomic mass is 19.1. The molecule has 5 heteroatoms. The van der Waals surface area contributed by atoms with Crippen LogP contribution in [0.3, 0.4) is 0 Å². The van der Waals surface area contributed by atoms with Gasteiger partial charge in [-0.3, -0.25) is 4.79 Å². The van der Waals surface area contributed by atoms with Crippen LogP contribution in [0, 0.1) is 11.6 Å². The fraction of sp³-hybridized carbons (Fsp3) is 0.300. The number of carbonyl (C=O) groups is 1. The van der Waals surface area contributed by atoms with Gasteiger partial charge in [0.05, 0.1) is 0 Å². The van der Waals surface area contributed by atoms with E-state index in [0.29, 0.717) is 5.56 Å². The summed E-state index contributed by atoms with van der Waals surface area (Å²) >= 11 is 0. The number of nitrogens with two attached hydrogens (primary N) is 1. The summed E-state index contributed by atoms with van der Waals surface area (Å²) in [6, 6.07) is 2.66. The molecule has 1 rings (SSSR count). The van der Waals surface area contributed by atoms with E-state index in [2.05, 4.69) is 5.32 Å². The first kappa shape index (κ1) is 11.6. The molecule has 3 N–H and O–H groups in total. The minimum absolute atomic E-state index is 0.000602. The highest BCUT2D eigenvalue weighted by Crippen LogP contribution is 2.18. The van der Waals surface area contributed by atoms with Crippen LogP contribution in [0.2, 0.25) is 0 Å². The fourth-order valence-electron chi connectivity index (χ4n) is 1.36. The van der Waals surface area contributed by atoms with Gasteiger partial charge in [0.1, 0.15) is 11.6 Å². The van der Waals surface area contributed by atoms with E-state index in [-0.39, 0.29) is 6.42 Å². The van der Waals surface area contributed by atoms with Gasteiger partial charge in [-0.15, -0.1) is 0 Å². The van der Waals surface area contributed by atoms with Gasteiger partial charge in [-0.05, 0) is 24.7 Å². The third kappa shape index (κ3) is 3.28. The lowest BCUT2D eigenvalue weighted by Crippen LogP contribution is -2.24. The Bertz CT molecular complexity index is 348. The molecule has 0 radical (unpaired) electrons. The second-order valence-corrected chi connectivity index (χ2v) is 3.21. The first-order chi connectivity index (χ1) is 7.02. The third-order valence-corrected chi connectivity index (χ3v) is 2.04. The van der Waals surface area contributed by atoms with E-state index in [9.17, 15) is 13.6 Å². The lowest BCUT2D eigenvalue weighted by Gasteiger charge is -2.14. The molecule has 82 valence electrons. The lowest BCUT2D eigenvalue weighted by atomic mass is 10.0. The molecule has 0 fully saturated rings. The van der Waals surface area contributed by atoms with E-state index < -0.39 is 23.6 Å². The minimum Gasteiger partial charge on any atom is -0.370 e. The van der Waals surface area contributed by atoms with E-state index in [4.69, 9.17) is 5.73 Å². The number of halogens is 2. The molecule has 0 aliphatic carbocycles. The number of hydrogen-bond donors (Lipinski definition) is 2. The van der Waals surface area contributed by atoms with Crippen LogP contribution >= 0.6 is 0 Å². The van der Waals surface area contributed by atoms with E-state index in [1.54, 1.807) is 7.05 Å². The van der Waals surface area contributed by atoms with Crippen molar-refractivity contribution in [2.45, 2.75) is 12.5 Å². The Morgan fingerprint density at radius 1 is 1.40 bits per heavy atom. The Labute approximate surface area is 86.3 Å². The van der Waals surface area contributed by atoms with Gasteiger partial charge in [-0.1, -0.05) is 0 Å². The molecule has 0 aliphatic heterocycles. The van der Waals surface area contributed by atoms with Gasteiger partial charge in [0.2, 0.25) is 5.91 Å². The maximum atomic E-state index is 12.9. The summed E-state index contributed by atoms with van der Waals surface area (Å²) in [7, 11) is 1.59. The van der Waals surface area contributed by atoms with Gasteiger partial charge in [-0.2, -0.15) is 0 Å². The topological polar surface area (TPSA) is 55.1 Å². The van der Waals surface area contributed by atoms with Crippen LogP contribution < -0.4 is 11.1 Å². The SMILES string of the molecule is CNC(CC(N)=O)c1cc(F)cc(F)c1. The first-order valence-corrected chi connectivity index (χ1v) is 4.44. The predicted molar refractivity (Wildman–Crippen MR) is 52.0 cm³/mol. The second-order valence-electron chi connectivity index (χ2n) is 3.21. The number of rotatable bonds is 4. The molecule has 15 heavy (non-hydrogen) atoms. The molecule has 0 bridgehead atoms. The van der Waals surface area contributed by atoms with Crippen molar-refractivity contribution in [3.63, 3.8) is 0 Å². The molecule has 1 unspecified atom stereocenters. The van der Waals surface area contributed by atoms with Gasteiger partial charge in [0, 0.05) is 18.5 Å². The highest BCUT2D eigenvalue weighted by Gasteiger charge is 2.13. The van der Waals surface area contributed by atoms with Crippen molar-refractivity contribution in [1.29, 1.82) is 0 Å². The normalized spacial score (nSPS) is 12.5. The first-order valence-electron chi connectivity index (χ1n) is 4.44. The Morgan fingerprint density at radius 2 is 1.93 bits per heavy atom. The van der Waals surface area contributed by atoms with Crippen molar-refractivity contribution in [3.8, 4) is 0 Å². The number of carbonyl (C=O) groups excluding carboxylic acids is 1. The van der Waals surface area contributed by atoms with Gasteiger partial charge >= 0.3 is 0 Å². The summed E-state index contributed by atoms with van der Waals surface area (Å²) in [5.41, 5.74) is 5.39. The Morgan fingerprint density at radius 3 is 2.33 bits per heavy atom. The zero-order valence-electron chi connectivity index (χ0n) is 8.26. The molecular formula is C10H12F2N2O. The molecule has 3 nitrogen and oxygen atoms in total. The van der Waals surface area contributed by atoms with E-state index in [1.807, 2.05) is 0 Å². The Kier molecular flexibility index (Phi) is 3.74. The maximum absolute atomic E-state index is 12.9. The second kappa shape index (κ2) is 4.84. The number of primary amides is 1. The monoisotopic (exact) mass is 214 g/mol. The molecule has 0 spiro atoms. The lowest BCUT2D eigenvalue weighted by molar-refractivity contribution is -0.118. The van der Waals surface area contributed by atoms with Crippen LogP contribution in [0.5, 0.6) is 0 Å². The molecule has 1 aromatic rings. The fourth-order valence-corrected chi connectivity index (χ4v) is 1.36. The van der Waals surface area contributed by atoms with E-state index >= 15 is 0 Å². The molecule has 0 saturated heterocycles. The van der Waals surface area contributed by atoms with Gasteiger partial charge < -0.3 is 11.1 Å². The zero-order chi connectivity index (χ0) is 11.4. The largest absolute Gasteiger partial charge is 0.370 e. The standard InChI is InChI=1S/C10H12F2N2O/c1-14-9(5-10(13)15)6-2-7(11)4-8(12)3-6/h2-4,9,14H,5H2,1H3,(H2,13,15). The number of amides is 1. The van der Waals surface area contributed by atoms with Gasteiger partial charge in [0.25, 0.3) is 0 Å². The molecular weight excluding hydrogens is 202 g/mol. The van der Waals surface area contributed by atoms with Gasteiger partial charge in [0.15, 0.2) is 0 Å². The molecule has 0 heterocycles. The van der Waals surface area contributed by atoms with Crippen LogP contribution in [0.4, 0.5) is 8.78 Å². The molecule has 0 saturated carbocycles. The summed E-state index contributed by atoms with van der Waals surface area (Å²) in [5, 5.41) is 2.77. The summed E-state index contributed by atoms with van der Waals surface area (Å²) in [5.74, 6) is -1.87. The third-order valence-electron chi connectivity index (χ3n) is 2.04. The molecule has 0 aromatic heterocycles. The minimum atomic E-state index is -0.672. The van der Waals surface area contributed by atoms with Gasteiger partial charge in [-0.25, -0.2) is 8.78 Å². The zero-order valence-corrected chi connectivity index (χ0v) is 8.26. The number of benzene rings is 1. The van der Waals surface area contributed by atoms with Crippen LogP contribution in [-0.4, -0.2) is 13.0 Å². The molecule has 1 amide bonds. The summed E-state index contributed by atoms with van der Waals surface area (Å²) in [6.07, 6.45) is -0.000602.